The maximum absolute atomic E-state index is 11.6. The number of carbonyl (C=O) groups is 1. The van der Waals surface area contributed by atoms with Gasteiger partial charge in [-0.25, -0.2) is 4.79 Å². The number of hydrogen-bond donors (Lipinski definition) is 0. The van der Waals surface area contributed by atoms with Gasteiger partial charge in [-0.1, -0.05) is 75.4 Å². The molecule has 0 heterocycles. The van der Waals surface area contributed by atoms with Crippen LogP contribution in [0.15, 0.2) is 66.9 Å². The van der Waals surface area contributed by atoms with Gasteiger partial charge in [0.1, 0.15) is 6.61 Å². The third kappa shape index (κ3) is 5.58. The first-order valence-corrected chi connectivity index (χ1v) is 8.20. The van der Waals surface area contributed by atoms with E-state index in [2.05, 4.69) is 45.0 Å². The molecule has 0 fully saturated rings. The predicted molar refractivity (Wildman–Crippen MR) is 95.8 cm³/mol. The smallest absolute Gasteiger partial charge is 0.429 e. The highest BCUT2D eigenvalue weighted by Crippen LogP contribution is 2.22. The molecule has 3 nitrogen and oxygen atoms in total. The van der Waals surface area contributed by atoms with E-state index in [0.717, 1.165) is 5.56 Å². The first-order chi connectivity index (χ1) is 11.6. The molecule has 1 atom stereocenters. The van der Waals surface area contributed by atoms with Crippen molar-refractivity contribution in [3.05, 3.63) is 83.6 Å². The summed E-state index contributed by atoms with van der Waals surface area (Å²) in [6.07, 6.45) is 2.56. The van der Waals surface area contributed by atoms with E-state index in [0.29, 0.717) is 5.92 Å². The molecule has 3 heteroatoms. The molecule has 0 bridgehead atoms. The van der Waals surface area contributed by atoms with Gasteiger partial charge in [0.15, 0.2) is 0 Å². The summed E-state index contributed by atoms with van der Waals surface area (Å²) in [6, 6.07) is 18.0. The van der Waals surface area contributed by atoms with Crippen LogP contribution >= 0.6 is 0 Å². The van der Waals surface area contributed by atoms with E-state index in [9.17, 15) is 4.79 Å². The fraction of sp³-hybridized carbons (Fsp3) is 0.286. The molecule has 0 aliphatic rings. The fourth-order valence-corrected chi connectivity index (χ4v) is 2.28. The van der Waals surface area contributed by atoms with E-state index in [1.807, 2.05) is 36.4 Å². The first kappa shape index (κ1) is 17.8. The molecule has 24 heavy (non-hydrogen) atoms. The van der Waals surface area contributed by atoms with Crippen LogP contribution in [-0.2, 0) is 16.1 Å². The van der Waals surface area contributed by atoms with Gasteiger partial charge in [-0.15, -0.1) is 0 Å². The summed E-state index contributed by atoms with van der Waals surface area (Å²) in [5.74, 6) is 0.649. The van der Waals surface area contributed by atoms with Crippen LogP contribution in [0.2, 0.25) is 0 Å². The average molecular weight is 324 g/mol. The predicted octanol–water partition coefficient (Wildman–Crippen LogP) is 5.78. The van der Waals surface area contributed by atoms with Crippen LogP contribution in [0, 0.1) is 0 Å². The van der Waals surface area contributed by atoms with Crippen LogP contribution in [0.1, 0.15) is 49.3 Å². The molecule has 0 aliphatic heterocycles. The van der Waals surface area contributed by atoms with E-state index in [1.54, 1.807) is 0 Å². The molecule has 126 valence electrons. The van der Waals surface area contributed by atoms with Crippen molar-refractivity contribution in [1.82, 2.24) is 0 Å². The van der Waals surface area contributed by atoms with Crippen LogP contribution < -0.4 is 0 Å². The van der Waals surface area contributed by atoms with Gasteiger partial charge < -0.3 is 9.47 Å². The number of hydrogen-bond acceptors (Lipinski definition) is 3. The molecule has 2 rings (SSSR count). The lowest BCUT2D eigenvalue weighted by Gasteiger charge is -2.11. The van der Waals surface area contributed by atoms with E-state index in [4.69, 9.17) is 9.47 Å². The summed E-state index contributed by atoms with van der Waals surface area (Å²) in [5.41, 5.74) is 3.42. The van der Waals surface area contributed by atoms with Crippen molar-refractivity contribution in [2.24, 2.45) is 0 Å². The number of benzene rings is 2. The number of ether oxygens (including phenoxy) is 2. The van der Waals surface area contributed by atoms with Crippen molar-refractivity contribution in [3.8, 4) is 0 Å². The van der Waals surface area contributed by atoms with Crippen molar-refractivity contribution < 1.29 is 14.3 Å². The molecule has 0 saturated carbocycles. The Morgan fingerprint density at radius 3 is 2.42 bits per heavy atom. The molecule has 1 unspecified atom stereocenters. The molecular formula is C21H24O3. The molecule has 0 radical (unpaired) electrons. The molecule has 0 N–H and O–H groups in total. The molecule has 2 aromatic carbocycles. The standard InChI is InChI=1S/C21H24O3/c1-16(2)19-10-7-11-20(14-19)17(3)12-13-23-21(22)24-15-18-8-5-4-6-9-18/h4-14,16-17H,15H2,1-3H3/b13-12+. The highest BCUT2D eigenvalue weighted by molar-refractivity contribution is 5.60. The monoisotopic (exact) mass is 324 g/mol. The minimum absolute atomic E-state index is 0.158. The van der Waals surface area contributed by atoms with Gasteiger partial charge in [0, 0.05) is 5.92 Å². The number of carbonyl (C=O) groups excluding carboxylic acids is 1. The lowest BCUT2D eigenvalue weighted by Crippen LogP contribution is -2.04. The van der Waals surface area contributed by atoms with Crippen molar-refractivity contribution in [3.63, 3.8) is 0 Å². The molecule has 0 spiro atoms. The molecule has 0 aliphatic carbocycles. The van der Waals surface area contributed by atoms with Gasteiger partial charge in [-0.2, -0.15) is 0 Å². The highest BCUT2D eigenvalue weighted by atomic mass is 16.7. The Morgan fingerprint density at radius 2 is 1.71 bits per heavy atom. The topological polar surface area (TPSA) is 35.5 Å². The fourth-order valence-electron chi connectivity index (χ4n) is 2.28. The molecule has 0 amide bonds. The number of rotatable bonds is 6. The quantitative estimate of drug-likeness (QED) is 0.499. The van der Waals surface area contributed by atoms with Crippen LogP contribution in [-0.4, -0.2) is 6.16 Å². The second kappa shape index (κ2) is 8.92. The Hall–Kier alpha value is -2.55. The minimum atomic E-state index is -0.696. The molecule has 2 aromatic rings. The van der Waals surface area contributed by atoms with Crippen LogP contribution in [0.5, 0.6) is 0 Å². The summed E-state index contributed by atoms with van der Waals surface area (Å²) >= 11 is 0. The molecule has 0 aromatic heterocycles. The van der Waals surface area contributed by atoms with Crippen molar-refractivity contribution >= 4 is 6.16 Å². The Morgan fingerprint density at radius 1 is 1.00 bits per heavy atom. The zero-order chi connectivity index (χ0) is 17.4. The largest absolute Gasteiger partial charge is 0.513 e. The Kier molecular flexibility index (Phi) is 6.62. The maximum atomic E-state index is 11.6. The maximum Gasteiger partial charge on any atom is 0.513 e. The highest BCUT2D eigenvalue weighted by Gasteiger charge is 2.06. The Bertz CT molecular complexity index is 674. The zero-order valence-electron chi connectivity index (χ0n) is 14.4. The van der Waals surface area contributed by atoms with E-state index < -0.39 is 6.16 Å². The second-order valence-electron chi connectivity index (χ2n) is 6.08. The summed E-state index contributed by atoms with van der Waals surface area (Å²) in [7, 11) is 0. The van der Waals surface area contributed by atoms with Crippen LogP contribution in [0.25, 0.3) is 0 Å². The first-order valence-electron chi connectivity index (χ1n) is 8.20. The van der Waals surface area contributed by atoms with Gasteiger partial charge in [0.25, 0.3) is 0 Å². The Labute approximate surface area is 143 Å². The summed E-state index contributed by atoms with van der Waals surface area (Å²) < 4.78 is 10.0. The third-order valence-electron chi connectivity index (χ3n) is 3.83. The third-order valence-corrected chi connectivity index (χ3v) is 3.83. The van der Waals surface area contributed by atoms with Crippen LogP contribution in [0.3, 0.4) is 0 Å². The van der Waals surface area contributed by atoms with Gasteiger partial charge in [-0.3, -0.25) is 0 Å². The lowest BCUT2D eigenvalue weighted by molar-refractivity contribution is 0.0784. The summed E-state index contributed by atoms with van der Waals surface area (Å²) in [4.78, 5) is 11.6. The zero-order valence-corrected chi connectivity index (χ0v) is 14.4. The second-order valence-corrected chi connectivity index (χ2v) is 6.08. The number of allylic oxidation sites excluding steroid dienone is 1. The van der Waals surface area contributed by atoms with Crippen molar-refractivity contribution in [2.45, 2.75) is 39.2 Å². The van der Waals surface area contributed by atoms with E-state index in [1.165, 1.54) is 17.4 Å². The molecular weight excluding hydrogens is 300 g/mol. The van der Waals surface area contributed by atoms with E-state index in [-0.39, 0.29) is 12.5 Å². The minimum Gasteiger partial charge on any atom is -0.429 e. The lowest BCUT2D eigenvalue weighted by atomic mass is 9.95. The van der Waals surface area contributed by atoms with Crippen molar-refractivity contribution in [1.29, 1.82) is 0 Å². The van der Waals surface area contributed by atoms with Gasteiger partial charge in [0.2, 0.25) is 0 Å². The van der Waals surface area contributed by atoms with Gasteiger partial charge in [-0.05, 0) is 28.7 Å². The van der Waals surface area contributed by atoms with Gasteiger partial charge in [0.05, 0.1) is 6.26 Å². The summed E-state index contributed by atoms with van der Waals surface area (Å²) in [5, 5.41) is 0. The van der Waals surface area contributed by atoms with Gasteiger partial charge >= 0.3 is 6.16 Å². The average Bonchev–Trinajstić information content (AvgIpc) is 2.61. The normalized spacial score (nSPS) is 12.3. The van der Waals surface area contributed by atoms with E-state index >= 15 is 0 Å². The van der Waals surface area contributed by atoms with Crippen molar-refractivity contribution in [2.75, 3.05) is 0 Å². The SMILES string of the molecule is CC(C)c1cccc(C(C)/C=C/OC(=O)OCc2ccccc2)c1. The molecule has 0 saturated heterocycles. The van der Waals surface area contributed by atoms with Crippen LogP contribution in [0.4, 0.5) is 4.79 Å². The Balaban J connectivity index is 1.82. The summed E-state index contributed by atoms with van der Waals surface area (Å²) in [6.45, 7) is 6.62.